The summed E-state index contributed by atoms with van der Waals surface area (Å²) < 4.78 is 0. The highest BCUT2D eigenvalue weighted by molar-refractivity contribution is 6.84. The average molecular weight is 403 g/mol. The molecule has 2 aliphatic rings. The molecule has 0 radical (unpaired) electrons. The molecular weight excluding hydrogens is 368 g/mol. The van der Waals surface area contributed by atoms with Crippen molar-refractivity contribution in [2.24, 2.45) is 5.92 Å². The van der Waals surface area contributed by atoms with Crippen molar-refractivity contribution < 1.29 is 0 Å². The minimum Gasteiger partial charge on any atom is -0.0728 e. The van der Waals surface area contributed by atoms with Crippen LogP contribution in [0.25, 0.3) is 12.2 Å². The fraction of sp³-hybridized carbons (Fsp3) is 0.385. The Kier molecular flexibility index (Phi) is 4.71. The van der Waals surface area contributed by atoms with E-state index in [2.05, 4.69) is 107 Å². The van der Waals surface area contributed by atoms with Crippen molar-refractivity contribution in [3.8, 4) is 0 Å². The van der Waals surface area contributed by atoms with Gasteiger partial charge in [0.1, 0.15) is 0 Å². The number of benzene rings is 2. The van der Waals surface area contributed by atoms with Crippen molar-refractivity contribution in [3.63, 3.8) is 0 Å². The van der Waals surface area contributed by atoms with E-state index in [-0.39, 0.29) is 0 Å². The molecule has 0 aliphatic heterocycles. The molecule has 2 heteroatoms. The van der Waals surface area contributed by atoms with Crippen molar-refractivity contribution in [1.82, 2.24) is 0 Å². The van der Waals surface area contributed by atoms with Crippen LogP contribution in [0.2, 0.25) is 39.3 Å². The third-order valence-electron chi connectivity index (χ3n) is 6.74. The lowest BCUT2D eigenvalue weighted by Gasteiger charge is -2.38. The highest BCUT2D eigenvalue weighted by Gasteiger charge is 2.44. The van der Waals surface area contributed by atoms with E-state index in [0.29, 0.717) is 17.8 Å². The molecule has 2 aromatic rings. The van der Waals surface area contributed by atoms with E-state index in [1.165, 1.54) is 11.1 Å². The zero-order chi connectivity index (χ0) is 20.3. The van der Waals surface area contributed by atoms with E-state index in [0.717, 1.165) is 0 Å². The summed E-state index contributed by atoms with van der Waals surface area (Å²) in [6.07, 6.45) is 5.09. The van der Waals surface area contributed by atoms with Gasteiger partial charge in [0.2, 0.25) is 0 Å². The molecule has 0 amide bonds. The molecule has 2 aromatic carbocycles. The second-order valence-corrected chi connectivity index (χ2v) is 20.9. The van der Waals surface area contributed by atoms with Crippen molar-refractivity contribution in [3.05, 3.63) is 81.2 Å². The van der Waals surface area contributed by atoms with Crippen molar-refractivity contribution in [1.29, 1.82) is 0 Å². The molecular formula is C26H34Si2. The maximum atomic E-state index is 2.54. The zero-order valence-corrected chi connectivity index (χ0v) is 20.5. The van der Waals surface area contributed by atoms with Crippen molar-refractivity contribution >= 4 is 28.3 Å². The number of allylic oxidation sites excluding steroid dienone is 2. The molecule has 0 saturated heterocycles. The van der Waals surface area contributed by atoms with Gasteiger partial charge < -0.3 is 0 Å². The average Bonchev–Trinajstić information content (AvgIpc) is 3.19. The summed E-state index contributed by atoms with van der Waals surface area (Å²) in [6.45, 7) is 17.6. The molecule has 0 nitrogen and oxygen atoms in total. The van der Waals surface area contributed by atoms with Crippen LogP contribution < -0.4 is 0 Å². The molecule has 0 bridgehead atoms. The van der Waals surface area contributed by atoms with Gasteiger partial charge in [-0.3, -0.25) is 0 Å². The molecule has 4 rings (SSSR count). The van der Waals surface area contributed by atoms with Crippen molar-refractivity contribution in [2.45, 2.75) is 58.0 Å². The van der Waals surface area contributed by atoms with Gasteiger partial charge in [-0.2, -0.15) is 0 Å². The standard InChI is InChI=1S/C26H34Si2/c1-18(25-21-14-10-8-12-19(21)16-23(25)27(2,3)4)26-22-15-11-9-13-20(22)17-24(26)28(5,6)7/h8-18,25-26H,1-7H3. The molecule has 0 N–H and O–H groups in total. The molecule has 0 saturated carbocycles. The highest BCUT2D eigenvalue weighted by atomic mass is 28.3. The highest BCUT2D eigenvalue weighted by Crippen LogP contribution is 2.54. The maximum absolute atomic E-state index is 2.54. The minimum absolute atomic E-state index is 0.554. The van der Waals surface area contributed by atoms with Crippen LogP contribution in [0.3, 0.4) is 0 Å². The first kappa shape index (κ1) is 19.7. The smallest absolute Gasteiger partial charge is 0.0728 e. The summed E-state index contributed by atoms with van der Waals surface area (Å²) in [5.74, 6) is 1.70. The van der Waals surface area contributed by atoms with Gasteiger partial charge in [-0.05, 0) is 28.2 Å². The Balaban J connectivity index is 1.85. The van der Waals surface area contributed by atoms with Gasteiger partial charge in [0.05, 0.1) is 16.1 Å². The number of fused-ring (bicyclic) bond motifs is 2. The van der Waals surface area contributed by atoms with Crippen LogP contribution in [-0.4, -0.2) is 16.1 Å². The fourth-order valence-electron chi connectivity index (χ4n) is 5.39. The second-order valence-electron chi connectivity index (χ2n) is 10.8. The Morgan fingerprint density at radius 1 is 0.607 bits per heavy atom. The van der Waals surface area contributed by atoms with Gasteiger partial charge in [0, 0.05) is 11.8 Å². The lowest BCUT2D eigenvalue weighted by atomic mass is 9.77. The van der Waals surface area contributed by atoms with E-state index in [1.807, 2.05) is 0 Å². The minimum atomic E-state index is -1.41. The van der Waals surface area contributed by atoms with Crippen LogP contribution in [-0.2, 0) is 0 Å². The first-order valence-electron chi connectivity index (χ1n) is 10.7. The topological polar surface area (TPSA) is 0 Å². The largest absolute Gasteiger partial charge is 0.0732 e. The Labute approximate surface area is 173 Å². The Bertz CT molecular complexity index is 887. The van der Waals surface area contributed by atoms with Gasteiger partial charge in [0.25, 0.3) is 0 Å². The SMILES string of the molecule is CC(C1C([Si](C)(C)C)=Cc2ccccc21)C1C([Si](C)(C)C)=Cc2ccccc21. The summed E-state index contributed by atoms with van der Waals surface area (Å²) >= 11 is 0. The van der Waals surface area contributed by atoms with Gasteiger partial charge >= 0.3 is 0 Å². The normalized spacial score (nSPS) is 22.4. The summed E-state index contributed by atoms with van der Waals surface area (Å²) in [6, 6.07) is 18.3. The van der Waals surface area contributed by atoms with Gasteiger partial charge in [0.15, 0.2) is 0 Å². The Hall–Kier alpha value is -1.65. The number of hydrogen-bond acceptors (Lipinski definition) is 0. The Morgan fingerprint density at radius 3 is 1.32 bits per heavy atom. The molecule has 2 aliphatic carbocycles. The summed E-state index contributed by atoms with van der Waals surface area (Å²) in [7, 11) is -2.81. The lowest BCUT2D eigenvalue weighted by molar-refractivity contribution is 0.469. The van der Waals surface area contributed by atoms with E-state index in [1.54, 1.807) is 21.5 Å². The van der Waals surface area contributed by atoms with Crippen molar-refractivity contribution in [2.75, 3.05) is 0 Å². The van der Waals surface area contributed by atoms with E-state index >= 15 is 0 Å². The first-order chi connectivity index (χ1) is 13.1. The molecule has 2 unspecified atom stereocenters. The third kappa shape index (κ3) is 3.21. The van der Waals surface area contributed by atoms with Crippen LogP contribution in [0, 0.1) is 5.92 Å². The number of hydrogen-bond donors (Lipinski definition) is 0. The summed E-state index contributed by atoms with van der Waals surface area (Å²) in [4.78, 5) is 0. The van der Waals surface area contributed by atoms with Gasteiger partial charge in [-0.15, -0.1) is 0 Å². The molecule has 28 heavy (non-hydrogen) atoms. The predicted molar refractivity (Wildman–Crippen MR) is 130 cm³/mol. The summed E-state index contributed by atoms with van der Waals surface area (Å²) in [5.41, 5.74) is 6.04. The van der Waals surface area contributed by atoms with Crippen LogP contribution in [0.5, 0.6) is 0 Å². The maximum Gasteiger partial charge on any atom is 0.0732 e. The molecule has 0 aromatic heterocycles. The van der Waals surface area contributed by atoms with Gasteiger partial charge in [-0.25, -0.2) is 0 Å². The third-order valence-corrected chi connectivity index (χ3v) is 11.1. The van der Waals surface area contributed by atoms with Crippen LogP contribution in [0.1, 0.15) is 41.0 Å². The monoisotopic (exact) mass is 402 g/mol. The van der Waals surface area contributed by atoms with Gasteiger partial charge in [-0.1, -0.05) is 117 Å². The quantitative estimate of drug-likeness (QED) is 0.459. The van der Waals surface area contributed by atoms with Crippen LogP contribution in [0.15, 0.2) is 58.9 Å². The van der Waals surface area contributed by atoms with Crippen LogP contribution >= 0.6 is 0 Å². The molecule has 146 valence electrons. The first-order valence-corrected chi connectivity index (χ1v) is 17.7. The van der Waals surface area contributed by atoms with E-state index in [9.17, 15) is 0 Å². The second kappa shape index (κ2) is 6.71. The fourth-order valence-corrected chi connectivity index (χ4v) is 9.27. The van der Waals surface area contributed by atoms with E-state index < -0.39 is 16.1 Å². The number of rotatable bonds is 4. The molecule has 0 heterocycles. The molecule has 2 atom stereocenters. The molecule has 0 spiro atoms. The lowest BCUT2D eigenvalue weighted by Crippen LogP contribution is -2.34. The zero-order valence-electron chi connectivity index (χ0n) is 18.5. The molecule has 0 fully saturated rings. The predicted octanol–water partition coefficient (Wildman–Crippen LogP) is 7.74. The van der Waals surface area contributed by atoms with E-state index in [4.69, 9.17) is 0 Å². The Morgan fingerprint density at radius 2 is 0.964 bits per heavy atom. The summed E-state index contributed by atoms with van der Waals surface area (Å²) in [5, 5.41) is 3.47. The van der Waals surface area contributed by atoms with Crippen LogP contribution in [0.4, 0.5) is 0 Å².